The molecule has 16 heavy (non-hydrogen) atoms. The minimum absolute atomic E-state index is 0.113. The second-order valence-electron chi connectivity index (χ2n) is 4.36. The van der Waals surface area contributed by atoms with Gasteiger partial charge in [-0.1, -0.05) is 13.8 Å². The highest BCUT2D eigenvalue weighted by Gasteiger charge is 2.33. The molecule has 1 rings (SSSR count). The molecule has 0 aliphatic rings. The van der Waals surface area contributed by atoms with Crippen LogP contribution in [0, 0.1) is 5.92 Å². The van der Waals surface area contributed by atoms with E-state index in [9.17, 15) is 5.11 Å². The highest BCUT2D eigenvalue weighted by atomic mass is 79.9. The van der Waals surface area contributed by atoms with E-state index >= 15 is 0 Å². The van der Waals surface area contributed by atoms with Gasteiger partial charge in [-0.25, -0.2) is 0 Å². The lowest BCUT2D eigenvalue weighted by Gasteiger charge is -2.29. The van der Waals surface area contributed by atoms with E-state index in [-0.39, 0.29) is 5.92 Å². The van der Waals surface area contributed by atoms with Crippen LogP contribution in [0.4, 0.5) is 0 Å². The van der Waals surface area contributed by atoms with Crippen LogP contribution in [0.15, 0.2) is 10.7 Å². The van der Waals surface area contributed by atoms with Crippen LogP contribution in [0.2, 0.25) is 0 Å². The molecule has 1 aromatic rings. The first-order valence-electron chi connectivity index (χ1n) is 5.34. The van der Waals surface area contributed by atoms with Crippen LogP contribution in [0.5, 0.6) is 0 Å². The fourth-order valence-corrected chi connectivity index (χ4v) is 2.18. The third-order valence-electron chi connectivity index (χ3n) is 2.91. The van der Waals surface area contributed by atoms with Crippen molar-refractivity contribution >= 4 is 15.9 Å². The first-order chi connectivity index (χ1) is 7.41. The van der Waals surface area contributed by atoms with Crippen LogP contribution in [0.25, 0.3) is 0 Å². The fourth-order valence-electron chi connectivity index (χ4n) is 1.49. The Balaban J connectivity index is 3.06. The predicted octanol–water partition coefficient (Wildman–Crippen LogP) is 2.16. The van der Waals surface area contributed by atoms with Gasteiger partial charge in [-0.2, -0.15) is 5.10 Å². The van der Waals surface area contributed by atoms with E-state index in [0.717, 1.165) is 10.2 Å². The van der Waals surface area contributed by atoms with Gasteiger partial charge >= 0.3 is 0 Å². The number of methoxy groups -OCH3 is 1. The van der Waals surface area contributed by atoms with Crippen LogP contribution in [-0.4, -0.2) is 28.6 Å². The molecule has 0 saturated carbocycles. The summed E-state index contributed by atoms with van der Waals surface area (Å²) in [7, 11) is 1.65. The molecule has 1 unspecified atom stereocenters. The number of ether oxygens (including phenoxy) is 1. The Kier molecular flexibility index (Phi) is 4.52. The summed E-state index contributed by atoms with van der Waals surface area (Å²) >= 11 is 3.43. The topological polar surface area (TPSA) is 47.3 Å². The molecular weight excluding hydrogens is 272 g/mol. The molecular formula is C11H19BrN2O2. The SMILES string of the molecule is COCCn1ncc(Br)c1C(C)(O)C(C)C. The number of nitrogens with zero attached hydrogens (tertiary/aromatic N) is 2. The average Bonchev–Trinajstić information content (AvgIpc) is 2.56. The molecule has 0 aliphatic carbocycles. The average molecular weight is 291 g/mol. The normalized spacial score (nSPS) is 15.4. The van der Waals surface area contributed by atoms with Gasteiger partial charge < -0.3 is 9.84 Å². The summed E-state index contributed by atoms with van der Waals surface area (Å²) in [6, 6.07) is 0. The molecule has 0 aromatic carbocycles. The first kappa shape index (κ1) is 13.7. The van der Waals surface area contributed by atoms with Crippen molar-refractivity contribution in [3.8, 4) is 0 Å². The van der Waals surface area contributed by atoms with E-state index in [2.05, 4.69) is 21.0 Å². The Morgan fingerprint density at radius 1 is 1.62 bits per heavy atom. The van der Waals surface area contributed by atoms with Crippen molar-refractivity contribution in [3.05, 3.63) is 16.4 Å². The molecule has 0 radical (unpaired) electrons. The van der Waals surface area contributed by atoms with E-state index in [1.54, 1.807) is 18.0 Å². The van der Waals surface area contributed by atoms with E-state index < -0.39 is 5.60 Å². The summed E-state index contributed by atoms with van der Waals surface area (Å²) in [4.78, 5) is 0. The molecule has 1 heterocycles. The number of hydrogen-bond donors (Lipinski definition) is 1. The van der Waals surface area contributed by atoms with Gasteiger partial charge in [-0.3, -0.25) is 4.68 Å². The molecule has 1 atom stereocenters. The molecule has 0 spiro atoms. The summed E-state index contributed by atoms with van der Waals surface area (Å²) in [6.07, 6.45) is 1.71. The lowest BCUT2D eigenvalue weighted by atomic mass is 9.89. The second-order valence-corrected chi connectivity index (χ2v) is 5.21. The van der Waals surface area contributed by atoms with Crippen molar-refractivity contribution in [2.24, 2.45) is 5.92 Å². The van der Waals surface area contributed by atoms with Crippen molar-refractivity contribution in [1.82, 2.24) is 9.78 Å². The van der Waals surface area contributed by atoms with Gasteiger partial charge in [0.25, 0.3) is 0 Å². The molecule has 0 bridgehead atoms. The Hall–Kier alpha value is -0.390. The molecule has 0 fully saturated rings. The van der Waals surface area contributed by atoms with Crippen molar-refractivity contribution in [1.29, 1.82) is 0 Å². The second kappa shape index (κ2) is 5.29. The number of aromatic nitrogens is 2. The van der Waals surface area contributed by atoms with Crippen molar-refractivity contribution in [2.75, 3.05) is 13.7 Å². The molecule has 1 aromatic heterocycles. The van der Waals surface area contributed by atoms with E-state index in [0.29, 0.717) is 13.2 Å². The van der Waals surface area contributed by atoms with Crippen molar-refractivity contribution in [2.45, 2.75) is 32.9 Å². The Morgan fingerprint density at radius 2 is 2.25 bits per heavy atom. The highest BCUT2D eigenvalue weighted by Crippen LogP contribution is 2.33. The molecule has 0 saturated heterocycles. The third-order valence-corrected chi connectivity index (χ3v) is 3.49. The minimum Gasteiger partial charge on any atom is -0.384 e. The number of rotatable bonds is 5. The standard InChI is InChI=1S/C11H19BrN2O2/c1-8(2)11(3,15)10-9(12)7-13-14(10)5-6-16-4/h7-8,15H,5-6H2,1-4H3. The molecule has 5 heteroatoms. The zero-order valence-electron chi connectivity index (χ0n) is 10.2. The maximum absolute atomic E-state index is 10.5. The number of hydrogen-bond acceptors (Lipinski definition) is 3. The predicted molar refractivity (Wildman–Crippen MR) is 66.2 cm³/mol. The summed E-state index contributed by atoms with van der Waals surface area (Å²) in [6.45, 7) is 7.00. The maximum Gasteiger partial charge on any atom is 0.107 e. The van der Waals surface area contributed by atoms with E-state index in [1.807, 2.05) is 20.8 Å². The monoisotopic (exact) mass is 290 g/mol. The lowest BCUT2D eigenvalue weighted by Crippen LogP contribution is -2.32. The summed E-state index contributed by atoms with van der Waals surface area (Å²) in [5, 5.41) is 14.7. The van der Waals surface area contributed by atoms with E-state index in [1.165, 1.54) is 0 Å². The molecule has 4 nitrogen and oxygen atoms in total. The van der Waals surface area contributed by atoms with Crippen molar-refractivity contribution in [3.63, 3.8) is 0 Å². The summed E-state index contributed by atoms with van der Waals surface area (Å²) in [5.74, 6) is 0.113. The van der Waals surface area contributed by atoms with Gasteiger partial charge in [-0.05, 0) is 28.8 Å². The van der Waals surface area contributed by atoms with Gasteiger partial charge in [0.2, 0.25) is 0 Å². The van der Waals surface area contributed by atoms with E-state index in [4.69, 9.17) is 4.74 Å². The van der Waals surface area contributed by atoms with Gasteiger partial charge in [0, 0.05) is 7.11 Å². The van der Waals surface area contributed by atoms with Crippen LogP contribution < -0.4 is 0 Å². The first-order valence-corrected chi connectivity index (χ1v) is 6.13. The van der Waals surface area contributed by atoms with Crippen molar-refractivity contribution < 1.29 is 9.84 Å². The van der Waals surface area contributed by atoms with Crippen LogP contribution in [0.1, 0.15) is 26.5 Å². The zero-order valence-corrected chi connectivity index (χ0v) is 11.8. The molecule has 92 valence electrons. The zero-order chi connectivity index (χ0) is 12.3. The largest absolute Gasteiger partial charge is 0.384 e. The smallest absolute Gasteiger partial charge is 0.107 e. The molecule has 1 N–H and O–H groups in total. The van der Waals surface area contributed by atoms with Crippen LogP contribution >= 0.6 is 15.9 Å². The maximum atomic E-state index is 10.5. The highest BCUT2D eigenvalue weighted by molar-refractivity contribution is 9.10. The quantitative estimate of drug-likeness (QED) is 0.904. The summed E-state index contributed by atoms with van der Waals surface area (Å²) in [5.41, 5.74) is -0.0946. The molecule has 0 aliphatic heterocycles. The third kappa shape index (κ3) is 2.64. The van der Waals surface area contributed by atoms with Gasteiger partial charge in [0.05, 0.1) is 29.5 Å². The Morgan fingerprint density at radius 3 is 2.75 bits per heavy atom. The van der Waals surface area contributed by atoms with Crippen LogP contribution in [-0.2, 0) is 16.9 Å². The number of aliphatic hydroxyl groups is 1. The molecule has 0 amide bonds. The fraction of sp³-hybridized carbons (Fsp3) is 0.727. The lowest BCUT2D eigenvalue weighted by molar-refractivity contribution is -0.00122. The Labute approximate surface area is 105 Å². The van der Waals surface area contributed by atoms with Gasteiger partial charge in [-0.15, -0.1) is 0 Å². The van der Waals surface area contributed by atoms with Gasteiger partial charge in [0.15, 0.2) is 0 Å². The summed E-state index contributed by atoms with van der Waals surface area (Å²) < 4.78 is 7.65. The number of halogens is 1. The van der Waals surface area contributed by atoms with Gasteiger partial charge in [0.1, 0.15) is 5.60 Å². The van der Waals surface area contributed by atoms with Crippen LogP contribution in [0.3, 0.4) is 0 Å². The Bertz CT molecular complexity index is 348. The minimum atomic E-state index is -0.900.